The molecule has 4 aromatic carbocycles. The molecule has 4 atom stereocenters. The molecular formula is C38H42N4O6Si. The minimum absolute atomic E-state index is 0.0813. The molecule has 2 aliphatic heterocycles. The summed E-state index contributed by atoms with van der Waals surface area (Å²) in [6.07, 6.45) is -0.867. The second-order valence-corrected chi connectivity index (χ2v) is 17.3. The molecule has 0 unspecified atom stereocenters. The Morgan fingerprint density at radius 1 is 0.980 bits per heavy atom. The van der Waals surface area contributed by atoms with Crippen molar-refractivity contribution in [2.45, 2.75) is 50.2 Å². The van der Waals surface area contributed by atoms with Gasteiger partial charge in [0.05, 0.1) is 24.8 Å². The number of aliphatic hydroxyl groups excluding tert-OH is 1. The third-order valence-corrected chi connectivity index (χ3v) is 12.2. The van der Waals surface area contributed by atoms with Gasteiger partial charge in [0, 0.05) is 52.7 Å². The number of ether oxygens (including phenoxy) is 1. The molecule has 49 heavy (non-hydrogen) atoms. The van der Waals surface area contributed by atoms with Crippen molar-refractivity contribution in [3.8, 4) is 0 Å². The maximum absolute atomic E-state index is 14.9. The largest absolute Gasteiger partial charge is 0.432 e. The Bertz CT molecular complexity index is 1830. The fourth-order valence-electron chi connectivity index (χ4n) is 7.47. The van der Waals surface area contributed by atoms with E-state index in [1.807, 2.05) is 80.7 Å². The molecule has 0 saturated carbocycles. The zero-order valence-electron chi connectivity index (χ0n) is 27.9. The Labute approximate surface area is 287 Å². The van der Waals surface area contributed by atoms with Crippen LogP contribution in [0.3, 0.4) is 0 Å². The van der Waals surface area contributed by atoms with Crippen LogP contribution in [0.15, 0.2) is 103 Å². The Morgan fingerprint density at radius 3 is 2.27 bits per heavy atom. The number of nitrogens with zero attached hydrogens (tertiary/aromatic N) is 2. The van der Waals surface area contributed by atoms with E-state index in [0.29, 0.717) is 40.4 Å². The summed E-state index contributed by atoms with van der Waals surface area (Å²) in [7, 11) is -3.07. The van der Waals surface area contributed by atoms with Gasteiger partial charge in [0.1, 0.15) is 0 Å². The summed E-state index contributed by atoms with van der Waals surface area (Å²) in [5.74, 6) is -1.44. The van der Waals surface area contributed by atoms with E-state index in [9.17, 15) is 24.3 Å². The highest BCUT2D eigenvalue weighted by molar-refractivity contribution is 6.71. The molecule has 5 N–H and O–H groups in total. The van der Waals surface area contributed by atoms with E-state index in [4.69, 9.17) is 10.5 Å². The average Bonchev–Trinajstić information content (AvgIpc) is 3.51. The molecule has 0 aromatic heterocycles. The Hall–Kier alpha value is -4.81. The van der Waals surface area contributed by atoms with Gasteiger partial charge in [-0.05, 0) is 73.3 Å². The number of carbonyl (C=O) groups excluding carboxylic acids is 3. The van der Waals surface area contributed by atoms with Crippen molar-refractivity contribution in [3.63, 3.8) is 0 Å². The maximum Gasteiger partial charge on any atom is 0.268 e. The fourth-order valence-corrected chi connectivity index (χ4v) is 10.0. The molecular weight excluding hydrogens is 637 g/mol. The van der Waals surface area contributed by atoms with Crippen LogP contribution in [0.1, 0.15) is 34.8 Å². The summed E-state index contributed by atoms with van der Waals surface area (Å²) in [5, 5.41) is 12.8. The molecule has 1 fully saturated rings. The van der Waals surface area contributed by atoms with Crippen molar-refractivity contribution >= 4 is 48.8 Å². The van der Waals surface area contributed by atoms with Crippen molar-refractivity contribution in [2.75, 3.05) is 29.1 Å². The molecule has 3 amide bonds. The molecule has 2 heterocycles. The Morgan fingerprint density at radius 2 is 1.63 bits per heavy atom. The minimum Gasteiger partial charge on any atom is -0.432 e. The van der Waals surface area contributed by atoms with Crippen LogP contribution in [0, 0.1) is 5.92 Å². The molecule has 4 aromatic rings. The molecule has 2 aliphatic rings. The lowest BCUT2D eigenvalue weighted by Gasteiger charge is -2.32. The summed E-state index contributed by atoms with van der Waals surface area (Å²) >= 11 is 0. The van der Waals surface area contributed by atoms with Gasteiger partial charge in [-0.1, -0.05) is 55.5 Å². The van der Waals surface area contributed by atoms with E-state index in [0.717, 1.165) is 5.56 Å². The van der Waals surface area contributed by atoms with Gasteiger partial charge < -0.3 is 30.6 Å². The third-order valence-electron chi connectivity index (χ3n) is 9.65. The zero-order chi connectivity index (χ0) is 34.9. The lowest BCUT2D eigenvalue weighted by Crippen LogP contribution is -2.45. The second-order valence-electron chi connectivity index (χ2n) is 13.4. The summed E-state index contributed by atoms with van der Waals surface area (Å²) in [4.78, 5) is 57.0. The van der Waals surface area contributed by atoms with E-state index in [1.165, 1.54) is 0 Å². The number of anilines is 4. The number of hydrogen-bond acceptors (Lipinski definition) is 7. The summed E-state index contributed by atoms with van der Waals surface area (Å²) < 4.78 is 6.91. The number of amides is 3. The Kier molecular flexibility index (Phi) is 9.45. The first-order chi connectivity index (χ1) is 23.4. The van der Waals surface area contributed by atoms with Crippen LogP contribution >= 0.6 is 0 Å². The van der Waals surface area contributed by atoms with Gasteiger partial charge in [0.15, 0.2) is 13.9 Å². The van der Waals surface area contributed by atoms with E-state index < -0.39 is 31.5 Å². The molecule has 0 radical (unpaired) electrons. The molecule has 1 spiro atoms. The lowest BCUT2D eigenvalue weighted by atomic mass is 9.82. The van der Waals surface area contributed by atoms with Crippen LogP contribution in [-0.4, -0.2) is 60.1 Å². The van der Waals surface area contributed by atoms with Crippen LogP contribution in [0.4, 0.5) is 22.7 Å². The molecule has 11 heteroatoms. The highest BCUT2D eigenvalue weighted by atomic mass is 28.4. The van der Waals surface area contributed by atoms with E-state index in [2.05, 4.69) is 5.32 Å². The van der Waals surface area contributed by atoms with Gasteiger partial charge >= 0.3 is 0 Å². The van der Waals surface area contributed by atoms with Gasteiger partial charge in [0.25, 0.3) is 11.8 Å². The van der Waals surface area contributed by atoms with Crippen molar-refractivity contribution in [1.29, 1.82) is 0 Å². The standard InChI is InChI=1S/C38H42N4O6Si/c1-25-35(49(2,3)47)33(23-34(44)41(20-21-43)24-26-10-6-4-7-11-26)48-38(25)31-22-29(40-36(45)27-14-16-28(39)17-15-27)18-19-32(31)42(37(38)46)30-12-8-5-9-13-30/h4-19,22,25,33,35,43,47H,20-21,23-24,39H2,1-3H3,(H,40,45)/t25-,33+,35-,38+/m1/s1. The van der Waals surface area contributed by atoms with E-state index >= 15 is 0 Å². The smallest absolute Gasteiger partial charge is 0.268 e. The quantitative estimate of drug-likeness (QED) is 0.130. The topological polar surface area (TPSA) is 145 Å². The number of nitrogens with one attached hydrogen (secondary N) is 1. The predicted molar refractivity (Wildman–Crippen MR) is 192 cm³/mol. The van der Waals surface area contributed by atoms with Crippen LogP contribution < -0.4 is 16.0 Å². The molecule has 0 aliphatic carbocycles. The normalized spacial score (nSPS) is 21.5. The van der Waals surface area contributed by atoms with Gasteiger partial charge in [-0.3, -0.25) is 19.3 Å². The highest BCUT2D eigenvalue weighted by Gasteiger charge is 2.66. The first kappa shape index (κ1) is 34.1. The van der Waals surface area contributed by atoms with Crippen LogP contribution in [0.5, 0.6) is 0 Å². The number of benzene rings is 4. The van der Waals surface area contributed by atoms with Gasteiger partial charge in [-0.15, -0.1) is 0 Å². The van der Waals surface area contributed by atoms with E-state index in [1.54, 1.807) is 52.3 Å². The number of nitrogen functional groups attached to an aromatic ring is 1. The number of hydrogen-bond donors (Lipinski definition) is 4. The monoisotopic (exact) mass is 678 g/mol. The van der Waals surface area contributed by atoms with Crippen molar-refractivity contribution in [1.82, 2.24) is 4.90 Å². The van der Waals surface area contributed by atoms with Crippen molar-refractivity contribution in [3.05, 3.63) is 120 Å². The number of rotatable bonds is 10. The summed E-state index contributed by atoms with van der Waals surface area (Å²) in [5.41, 5.74) is 7.92. The minimum atomic E-state index is -3.07. The van der Waals surface area contributed by atoms with Crippen LogP contribution in [0.2, 0.25) is 18.6 Å². The molecule has 1 saturated heterocycles. The van der Waals surface area contributed by atoms with Gasteiger partial charge in [-0.2, -0.15) is 0 Å². The predicted octanol–water partition coefficient (Wildman–Crippen LogP) is 5.41. The maximum atomic E-state index is 14.9. The SMILES string of the molecule is C[C@@H]1[C@@H]([Si](C)(C)O)[C@H](CC(=O)N(CCO)Cc2ccccc2)O[C@@]12C(=O)N(c1ccccc1)c1ccc(NC(=O)c3ccc(N)cc3)cc12. The lowest BCUT2D eigenvalue weighted by molar-refractivity contribution is -0.149. The number of nitrogens with two attached hydrogens (primary N) is 1. The fraction of sp³-hybridized carbons (Fsp3) is 0.289. The van der Waals surface area contributed by atoms with Gasteiger partial charge in [0.2, 0.25) is 5.91 Å². The first-order valence-electron chi connectivity index (χ1n) is 16.5. The second kappa shape index (κ2) is 13.6. The molecule has 254 valence electrons. The summed E-state index contributed by atoms with van der Waals surface area (Å²) in [6.45, 7) is 5.75. The van der Waals surface area contributed by atoms with Crippen LogP contribution in [-0.2, 0) is 26.5 Å². The Balaban J connectivity index is 1.40. The molecule has 0 bridgehead atoms. The average molecular weight is 679 g/mol. The summed E-state index contributed by atoms with van der Waals surface area (Å²) in [6, 6.07) is 30.7. The first-order valence-corrected chi connectivity index (χ1v) is 19.5. The van der Waals surface area contributed by atoms with Crippen molar-refractivity contribution in [2.24, 2.45) is 5.92 Å². The zero-order valence-corrected chi connectivity index (χ0v) is 28.9. The van der Waals surface area contributed by atoms with Gasteiger partial charge in [-0.25, -0.2) is 0 Å². The number of aliphatic hydroxyl groups is 1. The van der Waals surface area contributed by atoms with Crippen LogP contribution in [0.25, 0.3) is 0 Å². The number of carbonyl (C=O) groups is 3. The number of para-hydroxylation sites is 1. The third kappa shape index (κ3) is 6.50. The number of fused-ring (bicyclic) bond motifs is 2. The molecule has 6 rings (SSSR count). The van der Waals surface area contributed by atoms with E-state index in [-0.39, 0.29) is 37.3 Å². The molecule has 10 nitrogen and oxygen atoms in total. The van der Waals surface area contributed by atoms with Crippen molar-refractivity contribution < 1.29 is 29.0 Å². The highest BCUT2D eigenvalue weighted by Crippen LogP contribution is 2.61.